The number of morpholine rings is 1. The maximum absolute atomic E-state index is 12.2. The summed E-state index contributed by atoms with van der Waals surface area (Å²) in [5, 5.41) is 2.69. The van der Waals surface area contributed by atoms with Crippen molar-refractivity contribution in [1.82, 2.24) is 4.90 Å². The van der Waals surface area contributed by atoms with Crippen LogP contribution in [0.25, 0.3) is 0 Å². The summed E-state index contributed by atoms with van der Waals surface area (Å²) in [6.07, 6.45) is 1.29. The molecule has 1 aromatic carbocycles. The highest BCUT2D eigenvalue weighted by molar-refractivity contribution is 7.90. The van der Waals surface area contributed by atoms with Crippen molar-refractivity contribution in [2.45, 2.75) is 31.0 Å². The van der Waals surface area contributed by atoms with Crippen LogP contribution < -0.4 is 5.32 Å². The van der Waals surface area contributed by atoms with Gasteiger partial charge < -0.3 is 10.1 Å². The first-order chi connectivity index (χ1) is 10.3. The molecule has 0 spiro atoms. The monoisotopic (exact) mass is 326 g/mol. The van der Waals surface area contributed by atoms with E-state index in [0.717, 1.165) is 6.26 Å². The topological polar surface area (TPSA) is 75.7 Å². The number of amides is 1. The molecule has 0 saturated carbocycles. The average Bonchev–Trinajstić information content (AvgIpc) is 2.36. The van der Waals surface area contributed by atoms with Crippen LogP contribution in [0.2, 0.25) is 0 Å². The van der Waals surface area contributed by atoms with Crippen molar-refractivity contribution in [3.05, 3.63) is 24.3 Å². The van der Waals surface area contributed by atoms with Gasteiger partial charge in [-0.1, -0.05) is 12.1 Å². The number of anilines is 1. The van der Waals surface area contributed by atoms with E-state index in [2.05, 4.69) is 5.32 Å². The van der Waals surface area contributed by atoms with Crippen LogP contribution in [-0.2, 0) is 19.4 Å². The van der Waals surface area contributed by atoms with Gasteiger partial charge in [0, 0.05) is 19.3 Å². The zero-order chi connectivity index (χ0) is 16.3. The number of hydrogen-bond acceptors (Lipinski definition) is 5. The Balaban J connectivity index is 2.04. The van der Waals surface area contributed by atoms with Crippen molar-refractivity contribution < 1.29 is 17.9 Å². The molecule has 0 aliphatic carbocycles. The molecule has 0 unspecified atom stereocenters. The lowest BCUT2D eigenvalue weighted by Crippen LogP contribution is -2.48. The number of sulfone groups is 1. The fraction of sp³-hybridized carbons (Fsp3) is 0.533. The van der Waals surface area contributed by atoms with Crippen LogP contribution in [0.15, 0.2) is 29.2 Å². The Bertz CT molecular complexity index is 635. The summed E-state index contributed by atoms with van der Waals surface area (Å²) < 4.78 is 29.1. The van der Waals surface area contributed by atoms with Crippen LogP contribution >= 0.6 is 0 Å². The Morgan fingerprint density at radius 3 is 2.45 bits per heavy atom. The third kappa shape index (κ3) is 4.53. The molecule has 1 aromatic rings. The molecule has 1 saturated heterocycles. The Morgan fingerprint density at radius 1 is 1.27 bits per heavy atom. The third-order valence-corrected chi connectivity index (χ3v) is 4.58. The first-order valence-electron chi connectivity index (χ1n) is 7.22. The van der Waals surface area contributed by atoms with E-state index in [0.29, 0.717) is 18.8 Å². The number of carbonyl (C=O) groups is 1. The molecule has 0 bridgehead atoms. The average molecular weight is 326 g/mol. The van der Waals surface area contributed by atoms with Crippen LogP contribution in [0.5, 0.6) is 0 Å². The number of para-hydroxylation sites is 1. The number of carbonyl (C=O) groups excluding carboxylic acids is 1. The lowest BCUT2D eigenvalue weighted by molar-refractivity contribution is -0.121. The molecule has 22 heavy (non-hydrogen) atoms. The van der Waals surface area contributed by atoms with Crippen LogP contribution in [0, 0.1) is 0 Å². The molecule has 0 radical (unpaired) electrons. The van der Waals surface area contributed by atoms with Gasteiger partial charge in [0.25, 0.3) is 0 Å². The highest BCUT2D eigenvalue weighted by atomic mass is 32.2. The molecule has 122 valence electrons. The Kier molecular flexibility index (Phi) is 5.20. The highest BCUT2D eigenvalue weighted by Crippen LogP contribution is 2.20. The summed E-state index contributed by atoms with van der Waals surface area (Å²) in [6.45, 7) is 5.53. The van der Waals surface area contributed by atoms with Gasteiger partial charge in [0.05, 0.1) is 29.3 Å². The van der Waals surface area contributed by atoms with Gasteiger partial charge in [-0.05, 0) is 26.0 Å². The van der Waals surface area contributed by atoms with Crippen molar-refractivity contribution in [3.8, 4) is 0 Å². The van der Waals surface area contributed by atoms with E-state index in [-0.39, 0.29) is 29.6 Å². The number of nitrogens with one attached hydrogen (secondary N) is 1. The van der Waals surface area contributed by atoms with E-state index >= 15 is 0 Å². The molecule has 6 nitrogen and oxygen atoms in total. The van der Waals surface area contributed by atoms with Crippen LogP contribution in [0.1, 0.15) is 13.8 Å². The normalized spacial score (nSPS) is 23.2. The van der Waals surface area contributed by atoms with Gasteiger partial charge in [-0.2, -0.15) is 0 Å². The lowest BCUT2D eigenvalue weighted by atomic mass is 10.2. The van der Waals surface area contributed by atoms with E-state index in [1.54, 1.807) is 18.2 Å². The van der Waals surface area contributed by atoms with Crippen molar-refractivity contribution in [2.75, 3.05) is 31.2 Å². The fourth-order valence-electron chi connectivity index (χ4n) is 2.70. The number of benzene rings is 1. The standard InChI is InChI=1S/C15H22N2O4S/c1-11-8-17(9-12(2)21-11)10-15(18)16-13-6-4-5-7-14(13)22(3,19)20/h4-7,11-12H,8-10H2,1-3H3,(H,16,18)/t11-,12+. The number of nitrogens with zero attached hydrogens (tertiary/aromatic N) is 1. The second kappa shape index (κ2) is 6.76. The molecular weight excluding hydrogens is 304 g/mol. The highest BCUT2D eigenvalue weighted by Gasteiger charge is 2.24. The van der Waals surface area contributed by atoms with E-state index < -0.39 is 9.84 Å². The van der Waals surface area contributed by atoms with Gasteiger partial charge >= 0.3 is 0 Å². The van der Waals surface area contributed by atoms with E-state index in [9.17, 15) is 13.2 Å². The van der Waals surface area contributed by atoms with E-state index in [1.165, 1.54) is 6.07 Å². The molecule has 1 aliphatic heterocycles. The summed E-state index contributed by atoms with van der Waals surface area (Å²) >= 11 is 0. The summed E-state index contributed by atoms with van der Waals surface area (Å²) in [7, 11) is -3.38. The van der Waals surface area contributed by atoms with Gasteiger partial charge in [-0.25, -0.2) is 8.42 Å². The summed E-state index contributed by atoms with van der Waals surface area (Å²) in [4.78, 5) is 14.3. The van der Waals surface area contributed by atoms with Crippen LogP contribution in [0.3, 0.4) is 0 Å². The predicted molar refractivity (Wildman–Crippen MR) is 84.6 cm³/mol. The SMILES string of the molecule is C[C@@H]1CN(CC(=O)Nc2ccccc2S(C)(=O)=O)C[C@H](C)O1. The summed E-state index contributed by atoms with van der Waals surface area (Å²) in [6, 6.07) is 6.42. The zero-order valence-electron chi connectivity index (χ0n) is 13.1. The summed E-state index contributed by atoms with van der Waals surface area (Å²) in [5.74, 6) is -0.225. The Morgan fingerprint density at radius 2 is 1.86 bits per heavy atom. The van der Waals surface area contributed by atoms with Crippen LogP contribution in [0.4, 0.5) is 5.69 Å². The van der Waals surface area contributed by atoms with Gasteiger partial charge in [-0.15, -0.1) is 0 Å². The van der Waals surface area contributed by atoms with E-state index in [1.807, 2.05) is 18.7 Å². The lowest BCUT2D eigenvalue weighted by Gasteiger charge is -2.34. The Hall–Kier alpha value is -1.44. The maximum atomic E-state index is 12.2. The second-order valence-electron chi connectivity index (χ2n) is 5.77. The van der Waals surface area contributed by atoms with Gasteiger partial charge in [-0.3, -0.25) is 9.69 Å². The van der Waals surface area contributed by atoms with Crippen molar-refractivity contribution in [2.24, 2.45) is 0 Å². The molecule has 7 heteroatoms. The molecule has 2 atom stereocenters. The van der Waals surface area contributed by atoms with E-state index in [4.69, 9.17) is 4.74 Å². The minimum Gasteiger partial charge on any atom is -0.373 e. The molecule has 1 amide bonds. The molecule has 1 fully saturated rings. The number of hydrogen-bond donors (Lipinski definition) is 1. The Labute approximate surface area is 131 Å². The maximum Gasteiger partial charge on any atom is 0.238 e. The minimum absolute atomic E-state index is 0.0832. The molecule has 1 aliphatic rings. The minimum atomic E-state index is -3.38. The van der Waals surface area contributed by atoms with Crippen molar-refractivity contribution in [1.29, 1.82) is 0 Å². The fourth-order valence-corrected chi connectivity index (χ4v) is 3.54. The van der Waals surface area contributed by atoms with Gasteiger partial charge in [0.1, 0.15) is 0 Å². The summed E-state index contributed by atoms with van der Waals surface area (Å²) in [5.41, 5.74) is 0.323. The number of rotatable bonds is 4. The van der Waals surface area contributed by atoms with Gasteiger partial charge in [0.2, 0.25) is 5.91 Å². The molecular formula is C15H22N2O4S. The quantitative estimate of drug-likeness (QED) is 0.898. The van der Waals surface area contributed by atoms with Crippen molar-refractivity contribution >= 4 is 21.4 Å². The molecule has 0 aromatic heterocycles. The molecule has 1 N–H and O–H groups in total. The van der Waals surface area contributed by atoms with Crippen molar-refractivity contribution in [3.63, 3.8) is 0 Å². The van der Waals surface area contributed by atoms with Crippen LogP contribution in [-0.4, -0.2) is 57.3 Å². The number of ether oxygens (including phenoxy) is 1. The molecule has 1 heterocycles. The third-order valence-electron chi connectivity index (χ3n) is 3.42. The second-order valence-corrected chi connectivity index (χ2v) is 7.75. The van der Waals surface area contributed by atoms with Gasteiger partial charge in [0.15, 0.2) is 9.84 Å². The predicted octanol–water partition coefficient (Wildman–Crippen LogP) is 1.14. The zero-order valence-corrected chi connectivity index (χ0v) is 13.9. The smallest absolute Gasteiger partial charge is 0.238 e. The first-order valence-corrected chi connectivity index (χ1v) is 9.11. The first kappa shape index (κ1) is 16.9. The molecule has 2 rings (SSSR count). The largest absolute Gasteiger partial charge is 0.373 e.